The van der Waals surface area contributed by atoms with Gasteiger partial charge in [0.05, 0.1) is 13.7 Å². The summed E-state index contributed by atoms with van der Waals surface area (Å²) >= 11 is 0. The van der Waals surface area contributed by atoms with Crippen LogP contribution in [0.3, 0.4) is 0 Å². The predicted octanol–water partition coefficient (Wildman–Crippen LogP) is 0.316. The molecule has 1 aliphatic rings. The molecule has 0 spiro atoms. The van der Waals surface area contributed by atoms with Crippen LogP contribution < -0.4 is 5.32 Å². The molecule has 1 saturated heterocycles. The lowest BCUT2D eigenvalue weighted by Gasteiger charge is -2.06. The molecule has 0 aromatic carbocycles. The normalized spacial score (nSPS) is 27.0. The highest BCUT2D eigenvalue weighted by molar-refractivity contribution is 4.72. The smallest absolute Gasteiger partial charge is 0.0975 e. The third-order valence-corrected chi connectivity index (χ3v) is 1.55. The average molecular weight is 131 g/mol. The van der Waals surface area contributed by atoms with Crippen LogP contribution in [0.25, 0.3) is 0 Å². The summed E-state index contributed by atoms with van der Waals surface area (Å²) in [5.74, 6) is 0. The highest BCUT2D eigenvalue weighted by atomic mass is 17.2. The molecule has 1 rings (SSSR count). The van der Waals surface area contributed by atoms with E-state index in [-0.39, 0.29) is 0 Å². The van der Waals surface area contributed by atoms with Crippen molar-refractivity contribution in [1.29, 1.82) is 0 Å². The second-order valence-corrected chi connectivity index (χ2v) is 2.24. The Kier molecular flexibility index (Phi) is 2.97. The lowest BCUT2D eigenvalue weighted by Crippen LogP contribution is -2.26. The first-order chi connectivity index (χ1) is 4.43. The van der Waals surface area contributed by atoms with Crippen LogP contribution >= 0.6 is 0 Å². The van der Waals surface area contributed by atoms with Crippen molar-refractivity contribution >= 4 is 0 Å². The largest absolute Gasteiger partial charge is 0.312 e. The van der Waals surface area contributed by atoms with Crippen molar-refractivity contribution in [3.05, 3.63) is 0 Å². The van der Waals surface area contributed by atoms with E-state index in [1.54, 1.807) is 0 Å². The van der Waals surface area contributed by atoms with Gasteiger partial charge in [0.2, 0.25) is 0 Å². The van der Waals surface area contributed by atoms with E-state index in [9.17, 15) is 0 Å². The van der Waals surface area contributed by atoms with Crippen molar-refractivity contribution in [3.63, 3.8) is 0 Å². The zero-order valence-electron chi connectivity index (χ0n) is 5.72. The van der Waals surface area contributed by atoms with Crippen LogP contribution in [0.1, 0.15) is 12.8 Å². The first-order valence-corrected chi connectivity index (χ1v) is 3.32. The van der Waals surface area contributed by atoms with Crippen molar-refractivity contribution < 1.29 is 9.78 Å². The van der Waals surface area contributed by atoms with E-state index in [4.69, 9.17) is 4.89 Å². The quantitative estimate of drug-likeness (QED) is 0.442. The van der Waals surface area contributed by atoms with Gasteiger partial charge in [0.25, 0.3) is 0 Å². The minimum Gasteiger partial charge on any atom is -0.312 e. The van der Waals surface area contributed by atoms with Crippen molar-refractivity contribution in [2.75, 3.05) is 20.3 Å². The molecule has 1 aliphatic heterocycles. The van der Waals surface area contributed by atoms with Crippen LogP contribution in [0.2, 0.25) is 0 Å². The van der Waals surface area contributed by atoms with Crippen LogP contribution in [0.4, 0.5) is 0 Å². The Morgan fingerprint density at radius 3 is 3.11 bits per heavy atom. The molecule has 54 valence electrons. The van der Waals surface area contributed by atoms with Crippen molar-refractivity contribution in [2.24, 2.45) is 0 Å². The minimum absolute atomic E-state index is 0.518. The molecule has 0 saturated carbocycles. The fourth-order valence-electron chi connectivity index (χ4n) is 1.05. The van der Waals surface area contributed by atoms with Crippen molar-refractivity contribution in [1.82, 2.24) is 5.32 Å². The zero-order chi connectivity index (χ0) is 6.53. The molecule has 1 N–H and O–H groups in total. The summed E-state index contributed by atoms with van der Waals surface area (Å²) < 4.78 is 0. The van der Waals surface area contributed by atoms with Crippen LogP contribution in [-0.2, 0) is 9.78 Å². The Balaban J connectivity index is 1.98. The van der Waals surface area contributed by atoms with Crippen molar-refractivity contribution in [2.45, 2.75) is 18.9 Å². The van der Waals surface area contributed by atoms with Gasteiger partial charge in [-0.25, -0.2) is 9.78 Å². The summed E-state index contributed by atoms with van der Waals surface area (Å²) in [7, 11) is 1.54. The molecule has 1 atom stereocenters. The number of nitrogens with one attached hydrogen (secondary N) is 1. The molecule has 0 amide bonds. The zero-order valence-corrected chi connectivity index (χ0v) is 5.72. The van der Waals surface area contributed by atoms with Crippen molar-refractivity contribution in [3.8, 4) is 0 Å². The van der Waals surface area contributed by atoms with Gasteiger partial charge in [0, 0.05) is 6.04 Å². The van der Waals surface area contributed by atoms with Gasteiger partial charge < -0.3 is 5.32 Å². The molecule has 0 aromatic rings. The molecule has 0 aliphatic carbocycles. The molecule has 0 aromatic heterocycles. The highest BCUT2D eigenvalue weighted by Crippen LogP contribution is 2.04. The maximum Gasteiger partial charge on any atom is 0.0975 e. The first-order valence-electron chi connectivity index (χ1n) is 3.32. The van der Waals surface area contributed by atoms with Gasteiger partial charge in [-0.1, -0.05) is 0 Å². The third kappa shape index (κ3) is 2.30. The Morgan fingerprint density at radius 2 is 2.56 bits per heavy atom. The van der Waals surface area contributed by atoms with E-state index in [2.05, 4.69) is 10.2 Å². The molecular weight excluding hydrogens is 118 g/mol. The summed E-state index contributed by atoms with van der Waals surface area (Å²) in [6.45, 7) is 1.80. The van der Waals surface area contributed by atoms with E-state index < -0.39 is 0 Å². The van der Waals surface area contributed by atoms with E-state index in [0.29, 0.717) is 12.6 Å². The Bertz CT molecular complexity index is 71.5. The summed E-state index contributed by atoms with van der Waals surface area (Å²) in [5, 5.41) is 3.29. The second kappa shape index (κ2) is 3.82. The monoisotopic (exact) mass is 131 g/mol. The summed E-state index contributed by atoms with van der Waals surface area (Å²) in [4.78, 5) is 9.22. The molecule has 3 nitrogen and oxygen atoms in total. The van der Waals surface area contributed by atoms with Gasteiger partial charge >= 0.3 is 0 Å². The number of hydrogen-bond acceptors (Lipinski definition) is 3. The van der Waals surface area contributed by atoms with Crippen LogP contribution in [0.15, 0.2) is 0 Å². The summed E-state index contributed by atoms with van der Waals surface area (Å²) in [5.41, 5.74) is 0. The predicted molar refractivity (Wildman–Crippen MR) is 34.0 cm³/mol. The van der Waals surface area contributed by atoms with Gasteiger partial charge in [-0.3, -0.25) is 0 Å². The molecule has 0 bridgehead atoms. The molecule has 1 fully saturated rings. The van der Waals surface area contributed by atoms with E-state index in [1.807, 2.05) is 0 Å². The molecule has 3 heteroatoms. The van der Waals surface area contributed by atoms with Gasteiger partial charge in [-0.2, -0.15) is 0 Å². The molecule has 0 radical (unpaired) electrons. The lowest BCUT2D eigenvalue weighted by molar-refractivity contribution is -0.275. The minimum atomic E-state index is 0.518. The third-order valence-electron chi connectivity index (χ3n) is 1.55. The second-order valence-electron chi connectivity index (χ2n) is 2.24. The molecule has 9 heavy (non-hydrogen) atoms. The fraction of sp³-hybridized carbons (Fsp3) is 1.00. The molecular formula is C6H13NO2. The molecule has 0 unspecified atom stereocenters. The number of hydrogen-bond donors (Lipinski definition) is 1. The average Bonchev–Trinajstić information content (AvgIpc) is 2.34. The van der Waals surface area contributed by atoms with E-state index in [1.165, 1.54) is 20.0 Å². The Morgan fingerprint density at radius 1 is 1.67 bits per heavy atom. The van der Waals surface area contributed by atoms with Crippen LogP contribution in [-0.4, -0.2) is 26.3 Å². The maximum absolute atomic E-state index is 4.75. The summed E-state index contributed by atoms with van der Waals surface area (Å²) in [6.07, 6.45) is 2.47. The van der Waals surface area contributed by atoms with Gasteiger partial charge in [-0.05, 0) is 19.4 Å². The lowest BCUT2D eigenvalue weighted by atomic mass is 10.2. The number of rotatable bonds is 3. The molecule has 1 heterocycles. The van der Waals surface area contributed by atoms with Gasteiger partial charge in [0.1, 0.15) is 0 Å². The van der Waals surface area contributed by atoms with E-state index in [0.717, 1.165) is 6.54 Å². The Hall–Kier alpha value is -0.120. The summed E-state index contributed by atoms with van der Waals surface area (Å²) in [6, 6.07) is 0.518. The van der Waals surface area contributed by atoms with Gasteiger partial charge in [-0.15, -0.1) is 0 Å². The maximum atomic E-state index is 4.75. The Labute approximate surface area is 55.3 Å². The topological polar surface area (TPSA) is 30.5 Å². The van der Waals surface area contributed by atoms with Gasteiger partial charge in [0.15, 0.2) is 0 Å². The first kappa shape index (κ1) is 6.99. The van der Waals surface area contributed by atoms with E-state index >= 15 is 0 Å². The van der Waals surface area contributed by atoms with Crippen LogP contribution in [0.5, 0.6) is 0 Å². The highest BCUT2D eigenvalue weighted by Gasteiger charge is 2.13. The fourth-order valence-corrected chi connectivity index (χ4v) is 1.05. The standard InChI is InChI=1S/C6H13NO2/c1-8-9-5-6-3-2-4-7-6/h6-7H,2-5H2,1H3/t6-/m1/s1. The van der Waals surface area contributed by atoms with Crippen LogP contribution in [0, 0.1) is 0 Å². The SMILES string of the molecule is COOC[C@H]1CCCN1.